The Hall–Kier alpha value is -2.73. The molecule has 2 rings (SSSR count). The summed E-state index contributed by atoms with van der Waals surface area (Å²) in [6.45, 7) is 3.85. The van der Waals surface area contributed by atoms with Crippen LogP contribution in [0.2, 0.25) is 5.02 Å². The molecule has 2 aromatic carbocycles. The van der Waals surface area contributed by atoms with Gasteiger partial charge in [0.05, 0.1) is 26.5 Å². The number of nitrogens with zero attached hydrogens (tertiary/aromatic N) is 1. The second-order valence-corrected chi connectivity index (χ2v) is 6.09. The van der Waals surface area contributed by atoms with E-state index in [9.17, 15) is 4.79 Å². The lowest BCUT2D eigenvalue weighted by Crippen LogP contribution is -2.18. The summed E-state index contributed by atoms with van der Waals surface area (Å²) >= 11 is 6.03. The quantitative estimate of drug-likeness (QED) is 0.587. The van der Waals surface area contributed by atoms with Gasteiger partial charge in [0.25, 0.3) is 5.91 Å². The van der Waals surface area contributed by atoms with Crippen LogP contribution in [0.4, 0.5) is 0 Å². The van der Waals surface area contributed by atoms with Gasteiger partial charge in [-0.05, 0) is 44.2 Å². The van der Waals surface area contributed by atoms with Crippen molar-refractivity contribution in [3.8, 4) is 17.2 Å². The van der Waals surface area contributed by atoms with Gasteiger partial charge in [-0.3, -0.25) is 4.79 Å². The van der Waals surface area contributed by atoms with Gasteiger partial charge in [0.1, 0.15) is 17.2 Å². The van der Waals surface area contributed by atoms with Gasteiger partial charge in [-0.1, -0.05) is 11.6 Å². The van der Waals surface area contributed by atoms with E-state index in [-0.39, 0.29) is 6.10 Å². The van der Waals surface area contributed by atoms with Crippen molar-refractivity contribution < 1.29 is 19.0 Å². The van der Waals surface area contributed by atoms with Crippen molar-refractivity contribution >= 4 is 23.7 Å². The number of halogens is 1. The molecule has 0 unspecified atom stereocenters. The first-order valence-corrected chi connectivity index (χ1v) is 8.33. The molecule has 138 valence electrons. The number of hydrogen-bond donors (Lipinski definition) is 1. The van der Waals surface area contributed by atoms with E-state index in [4.69, 9.17) is 25.8 Å². The third kappa shape index (κ3) is 5.39. The lowest BCUT2D eigenvalue weighted by molar-refractivity contribution is 0.0954. The Labute approximate surface area is 157 Å². The number of carbonyl (C=O) groups is 1. The number of hydrogen-bond acceptors (Lipinski definition) is 5. The summed E-state index contributed by atoms with van der Waals surface area (Å²) in [5.74, 6) is 1.26. The predicted molar refractivity (Wildman–Crippen MR) is 102 cm³/mol. The molecule has 0 saturated carbocycles. The minimum atomic E-state index is -0.396. The highest BCUT2D eigenvalue weighted by Gasteiger charge is 2.10. The van der Waals surface area contributed by atoms with Gasteiger partial charge >= 0.3 is 0 Å². The van der Waals surface area contributed by atoms with Crippen LogP contribution in [0, 0.1) is 0 Å². The molecule has 26 heavy (non-hydrogen) atoms. The summed E-state index contributed by atoms with van der Waals surface area (Å²) in [7, 11) is 3.04. The first-order valence-electron chi connectivity index (χ1n) is 7.95. The maximum Gasteiger partial charge on any atom is 0.271 e. The largest absolute Gasteiger partial charge is 0.497 e. The van der Waals surface area contributed by atoms with E-state index >= 15 is 0 Å². The maximum absolute atomic E-state index is 12.3. The van der Waals surface area contributed by atoms with Crippen LogP contribution in [0.3, 0.4) is 0 Å². The topological polar surface area (TPSA) is 69.2 Å². The number of ether oxygens (including phenoxy) is 3. The van der Waals surface area contributed by atoms with E-state index in [1.807, 2.05) is 13.8 Å². The van der Waals surface area contributed by atoms with E-state index < -0.39 is 5.91 Å². The van der Waals surface area contributed by atoms with Crippen molar-refractivity contribution in [1.82, 2.24) is 5.43 Å². The Kier molecular flexibility index (Phi) is 6.86. The normalized spacial score (nSPS) is 10.8. The molecule has 7 heteroatoms. The van der Waals surface area contributed by atoms with Crippen molar-refractivity contribution in [2.75, 3.05) is 14.2 Å². The minimum absolute atomic E-state index is 0.00200. The molecular weight excluding hydrogens is 356 g/mol. The predicted octanol–water partition coefficient (Wildman–Crippen LogP) is 3.91. The highest BCUT2D eigenvalue weighted by atomic mass is 35.5. The SMILES string of the molecule is COc1cc(OC)cc(C(=O)N/N=C/c2cc(Cl)ccc2OC(C)C)c1. The number of methoxy groups -OCH3 is 2. The Morgan fingerprint density at radius 3 is 2.35 bits per heavy atom. The highest BCUT2D eigenvalue weighted by molar-refractivity contribution is 6.30. The van der Waals surface area contributed by atoms with Crippen LogP contribution < -0.4 is 19.6 Å². The first-order chi connectivity index (χ1) is 12.4. The molecule has 0 bridgehead atoms. The average molecular weight is 377 g/mol. The standard InChI is InChI=1S/C19H21ClN2O4/c1-12(2)26-18-6-5-15(20)7-14(18)11-21-22-19(23)13-8-16(24-3)10-17(9-13)25-4/h5-12H,1-4H3,(H,22,23)/b21-11+. The van der Waals surface area contributed by atoms with Crippen molar-refractivity contribution in [3.63, 3.8) is 0 Å². The molecule has 2 aromatic rings. The van der Waals surface area contributed by atoms with E-state index in [0.717, 1.165) is 0 Å². The summed E-state index contributed by atoms with van der Waals surface area (Å²) in [5.41, 5.74) is 3.50. The summed E-state index contributed by atoms with van der Waals surface area (Å²) in [6, 6.07) is 10.1. The molecule has 0 aliphatic rings. The first kappa shape index (κ1) is 19.6. The van der Waals surface area contributed by atoms with Crippen molar-refractivity contribution in [2.45, 2.75) is 20.0 Å². The molecule has 0 atom stereocenters. The van der Waals surface area contributed by atoms with Gasteiger partial charge in [0.15, 0.2) is 0 Å². The van der Waals surface area contributed by atoms with Gasteiger partial charge in [-0.2, -0.15) is 5.10 Å². The molecule has 0 fully saturated rings. The molecule has 6 nitrogen and oxygen atoms in total. The van der Waals surface area contributed by atoms with Gasteiger partial charge < -0.3 is 14.2 Å². The number of nitrogens with one attached hydrogen (secondary N) is 1. The molecule has 0 radical (unpaired) electrons. The van der Waals surface area contributed by atoms with Crippen molar-refractivity contribution in [2.24, 2.45) is 5.10 Å². The van der Waals surface area contributed by atoms with Crippen LogP contribution in [-0.4, -0.2) is 32.4 Å². The lowest BCUT2D eigenvalue weighted by atomic mass is 10.2. The van der Waals surface area contributed by atoms with Crippen molar-refractivity contribution in [3.05, 3.63) is 52.5 Å². The summed E-state index contributed by atoms with van der Waals surface area (Å²) < 4.78 is 16.0. The molecule has 0 saturated heterocycles. The Bertz CT molecular complexity index is 784. The van der Waals surface area contributed by atoms with Gasteiger partial charge in [-0.25, -0.2) is 5.43 Å². The molecule has 0 aliphatic heterocycles. The Morgan fingerprint density at radius 1 is 1.12 bits per heavy atom. The molecule has 1 amide bonds. The Morgan fingerprint density at radius 2 is 1.77 bits per heavy atom. The summed E-state index contributed by atoms with van der Waals surface area (Å²) in [5, 5.41) is 4.54. The van der Waals surface area contributed by atoms with Crippen LogP contribution in [0.15, 0.2) is 41.5 Å². The smallest absolute Gasteiger partial charge is 0.271 e. The van der Waals surface area contributed by atoms with Crippen LogP contribution >= 0.6 is 11.6 Å². The number of amides is 1. The van der Waals surface area contributed by atoms with Crippen LogP contribution in [0.1, 0.15) is 29.8 Å². The molecular formula is C19H21ClN2O4. The van der Waals surface area contributed by atoms with Crippen LogP contribution in [0.25, 0.3) is 0 Å². The third-order valence-electron chi connectivity index (χ3n) is 3.32. The van der Waals surface area contributed by atoms with Crippen molar-refractivity contribution in [1.29, 1.82) is 0 Å². The molecule has 0 spiro atoms. The molecule has 1 N–H and O–H groups in total. The summed E-state index contributed by atoms with van der Waals surface area (Å²) in [4.78, 5) is 12.3. The average Bonchev–Trinajstić information content (AvgIpc) is 2.62. The second kappa shape index (κ2) is 9.10. The Balaban J connectivity index is 2.16. The zero-order valence-corrected chi connectivity index (χ0v) is 15.8. The van der Waals surface area contributed by atoms with Gasteiger partial charge in [0.2, 0.25) is 0 Å². The van der Waals surface area contributed by atoms with E-state index in [0.29, 0.717) is 33.4 Å². The number of carbonyl (C=O) groups excluding carboxylic acids is 1. The van der Waals surface area contributed by atoms with Gasteiger partial charge in [0, 0.05) is 22.2 Å². The fourth-order valence-corrected chi connectivity index (χ4v) is 2.33. The molecule has 0 aliphatic carbocycles. The highest BCUT2D eigenvalue weighted by Crippen LogP contribution is 2.23. The monoisotopic (exact) mass is 376 g/mol. The van der Waals surface area contributed by atoms with Gasteiger partial charge in [-0.15, -0.1) is 0 Å². The number of benzene rings is 2. The van der Waals surface area contributed by atoms with Crippen LogP contribution in [-0.2, 0) is 0 Å². The van der Waals surface area contributed by atoms with E-state index in [1.165, 1.54) is 20.4 Å². The second-order valence-electron chi connectivity index (χ2n) is 5.65. The maximum atomic E-state index is 12.3. The lowest BCUT2D eigenvalue weighted by Gasteiger charge is -2.12. The van der Waals surface area contributed by atoms with Crippen LogP contribution in [0.5, 0.6) is 17.2 Å². The molecule has 0 aromatic heterocycles. The van der Waals surface area contributed by atoms with E-state index in [2.05, 4.69) is 10.5 Å². The number of rotatable bonds is 7. The third-order valence-corrected chi connectivity index (χ3v) is 3.55. The zero-order chi connectivity index (χ0) is 19.1. The number of hydrazone groups is 1. The molecule has 0 heterocycles. The minimum Gasteiger partial charge on any atom is -0.497 e. The zero-order valence-electron chi connectivity index (χ0n) is 15.1. The fourth-order valence-electron chi connectivity index (χ4n) is 2.14. The van der Waals surface area contributed by atoms with E-state index in [1.54, 1.807) is 36.4 Å². The fraction of sp³-hybridized carbons (Fsp3) is 0.263. The summed E-state index contributed by atoms with van der Waals surface area (Å²) in [6.07, 6.45) is 1.49.